The highest BCUT2D eigenvalue weighted by molar-refractivity contribution is 14.0. The van der Waals surface area contributed by atoms with Crippen molar-refractivity contribution in [2.24, 2.45) is 10.4 Å². The van der Waals surface area contributed by atoms with Crippen LogP contribution in [0.5, 0.6) is 0 Å². The fourth-order valence-electron chi connectivity index (χ4n) is 4.11. The molecule has 1 saturated carbocycles. The van der Waals surface area contributed by atoms with Crippen molar-refractivity contribution in [2.75, 3.05) is 26.7 Å². The Morgan fingerprint density at radius 3 is 2.79 bits per heavy atom. The van der Waals surface area contributed by atoms with Gasteiger partial charge >= 0.3 is 0 Å². The predicted molar refractivity (Wildman–Crippen MR) is 111 cm³/mol. The average Bonchev–Trinajstić information content (AvgIpc) is 3.15. The molecule has 0 unspecified atom stereocenters. The van der Waals surface area contributed by atoms with Crippen LogP contribution in [0.3, 0.4) is 0 Å². The summed E-state index contributed by atoms with van der Waals surface area (Å²) in [4.78, 5) is 10.4. The van der Waals surface area contributed by atoms with Gasteiger partial charge in [-0.3, -0.25) is 4.99 Å². The number of guanidine groups is 1. The standard InChI is InChI=1S/C19H26N4.HI/c1-20-18(23-12-10-19(14-23)8-4-9-19)21-11-7-16-13-15-5-2-3-6-17(15)22-16;/h2-3,5-6,13,22H,4,7-12,14H2,1H3,(H,20,21);1H. The summed E-state index contributed by atoms with van der Waals surface area (Å²) in [6.45, 7) is 3.27. The van der Waals surface area contributed by atoms with Gasteiger partial charge in [0, 0.05) is 44.3 Å². The maximum Gasteiger partial charge on any atom is 0.193 e. The van der Waals surface area contributed by atoms with Gasteiger partial charge in [0.25, 0.3) is 0 Å². The third-order valence-corrected chi connectivity index (χ3v) is 5.63. The lowest BCUT2D eigenvalue weighted by atomic mass is 9.68. The van der Waals surface area contributed by atoms with Crippen molar-refractivity contribution in [3.8, 4) is 0 Å². The Morgan fingerprint density at radius 1 is 1.29 bits per heavy atom. The number of rotatable bonds is 3. The zero-order chi connectivity index (χ0) is 15.7. The first-order valence-corrected chi connectivity index (χ1v) is 8.80. The fourth-order valence-corrected chi connectivity index (χ4v) is 4.11. The monoisotopic (exact) mass is 438 g/mol. The summed E-state index contributed by atoms with van der Waals surface area (Å²) in [7, 11) is 1.90. The SMILES string of the molecule is CN=C(NCCc1cc2ccccc2[nH]1)N1CCC2(CCC2)C1.I. The average molecular weight is 438 g/mol. The number of hydrogen-bond acceptors (Lipinski definition) is 1. The van der Waals surface area contributed by atoms with Gasteiger partial charge in [-0.05, 0) is 42.2 Å². The molecule has 0 bridgehead atoms. The Bertz CT molecular complexity index is 684. The zero-order valence-electron chi connectivity index (χ0n) is 14.3. The third kappa shape index (κ3) is 3.41. The Balaban J connectivity index is 0.00000169. The number of nitrogens with one attached hydrogen (secondary N) is 2. The summed E-state index contributed by atoms with van der Waals surface area (Å²) in [6, 6.07) is 10.7. The number of H-pyrrole nitrogens is 1. The van der Waals surface area contributed by atoms with E-state index in [9.17, 15) is 0 Å². The van der Waals surface area contributed by atoms with Crippen molar-refractivity contribution >= 4 is 40.8 Å². The molecule has 2 N–H and O–H groups in total. The lowest BCUT2D eigenvalue weighted by Crippen LogP contribution is -2.43. The number of aromatic amines is 1. The summed E-state index contributed by atoms with van der Waals surface area (Å²) in [5.41, 5.74) is 3.12. The minimum atomic E-state index is 0. The quantitative estimate of drug-likeness (QED) is 0.435. The Kier molecular flexibility index (Phi) is 5.37. The highest BCUT2D eigenvalue weighted by Crippen LogP contribution is 2.47. The molecule has 5 heteroatoms. The number of aromatic nitrogens is 1. The van der Waals surface area contributed by atoms with Crippen molar-refractivity contribution in [3.63, 3.8) is 0 Å². The fraction of sp³-hybridized carbons (Fsp3) is 0.526. The first-order valence-electron chi connectivity index (χ1n) is 8.80. The molecule has 2 heterocycles. The van der Waals surface area contributed by atoms with Gasteiger partial charge in [0.1, 0.15) is 0 Å². The van der Waals surface area contributed by atoms with E-state index in [1.54, 1.807) is 0 Å². The van der Waals surface area contributed by atoms with Crippen molar-refractivity contribution in [1.82, 2.24) is 15.2 Å². The molecular weight excluding hydrogens is 411 g/mol. The highest BCUT2D eigenvalue weighted by atomic mass is 127. The molecule has 24 heavy (non-hydrogen) atoms. The van der Waals surface area contributed by atoms with Crippen LogP contribution in [-0.2, 0) is 6.42 Å². The summed E-state index contributed by atoms with van der Waals surface area (Å²) in [6.07, 6.45) is 6.58. The number of likely N-dealkylation sites (tertiary alicyclic amines) is 1. The van der Waals surface area contributed by atoms with Gasteiger partial charge in [-0.15, -0.1) is 24.0 Å². The second-order valence-corrected chi connectivity index (χ2v) is 7.13. The van der Waals surface area contributed by atoms with E-state index in [4.69, 9.17) is 0 Å². The topological polar surface area (TPSA) is 43.4 Å². The van der Waals surface area contributed by atoms with Gasteiger partial charge in [-0.25, -0.2) is 0 Å². The first-order chi connectivity index (χ1) is 11.3. The van der Waals surface area contributed by atoms with Crippen LogP contribution in [0.25, 0.3) is 10.9 Å². The van der Waals surface area contributed by atoms with Gasteiger partial charge in [0.15, 0.2) is 5.96 Å². The van der Waals surface area contributed by atoms with Gasteiger partial charge in [-0.1, -0.05) is 24.6 Å². The number of fused-ring (bicyclic) bond motifs is 1. The van der Waals surface area contributed by atoms with Crippen LogP contribution in [0.4, 0.5) is 0 Å². The zero-order valence-corrected chi connectivity index (χ0v) is 16.7. The summed E-state index contributed by atoms with van der Waals surface area (Å²) in [5.74, 6) is 1.07. The number of nitrogens with zero attached hydrogens (tertiary/aromatic N) is 2. The minimum Gasteiger partial charge on any atom is -0.358 e. The molecule has 4 rings (SSSR count). The number of para-hydroxylation sites is 1. The second kappa shape index (κ2) is 7.33. The molecule has 1 aliphatic carbocycles. The van der Waals surface area contributed by atoms with E-state index in [1.165, 1.54) is 48.8 Å². The van der Waals surface area contributed by atoms with Gasteiger partial charge in [0.05, 0.1) is 0 Å². The van der Waals surface area contributed by atoms with Crippen molar-refractivity contribution in [1.29, 1.82) is 0 Å². The molecular formula is C19H27IN4. The summed E-state index contributed by atoms with van der Waals surface area (Å²) >= 11 is 0. The number of hydrogen-bond donors (Lipinski definition) is 2. The van der Waals surface area contributed by atoms with E-state index >= 15 is 0 Å². The molecule has 0 atom stereocenters. The maximum atomic E-state index is 4.49. The lowest BCUT2D eigenvalue weighted by molar-refractivity contribution is 0.151. The smallest absolute Gasteiger partial charge is 0.193 e. The number of benzene rings is 1. The van der Waals surface area contributed by atoms with Crippen LogP contribution in [0.1, 0.15) is 31.4 Å². The number of halogens is 1. The second-order valence-electron chi connectivity index (χ2n) is 7.13. The van der Waals surface area contributed by atoms with E-state index < -0.39 is 0 Å². The van der Waals surface area contributed by atoms with E-state index in [0.717, 1.165) is 25.5 Å². The van der Waals surface area contributed by atoms with Gasteiger partial charge in [-0.2, -0.15) is 0 Å². The summed E-state index contributed by atoms with van der Waals surface area (Å²) in [5, 5.41) is 4.84. The van der Waals surface area contributed by atoms with E-state index in [-0.39, 0.29) is 24.0 Å². The molecule has 2 aliphatic rings. The maximum absolute atomic E-state index is 4.49. The van der Waals surface area contributed by atoms with E-state index in [1.807, 2.05) is 7.05 Å². The largest absolute Gasteiger partial charge is 0.358 e. The van der Waals surface area contributed by atoms with E-state index in [0.29, 0.717) is 5.41 Å². The normalized spacial score (nSPS) is 19.4. The van der Waals surface area contributed by atoms with Crippen LogP contribution >= 0.6 is 24.0 Å². The van der Waals surface area contributed by atoms with Crippen molar-refractivity contribution in [3.05, 3.63) is 36.0 Å². The predicted octanol–water partition coefficient (Wildman–Crippen LogP) is 3.78. The molecule has 1 aromatic carbocycles. The van der Waals surface area contributed by atoms with Crippen molar-refractivity contribution < 1.29 is 0 Å². The molecule has 1 aromatic heterocycles. The van der Waals surface area contributed by atoms with Gasteiger partial charge in [0.2, 0.25) is 0 Å². The molecule has 0 amide bonds. The lowest BCUT2D eigenvalue weighted by Gasteiger charge is -2.38. The van der Waals surface area contributed by atoms with Crippen molar-refractivity contribution in [2.45, 2.75) is 32.1 Å². The van der Waals surface area contributed by atoms with Crippen LogP contribution in [0, 0.1) is 5.41 Å². The molecule has 4 nitrogen and oxygen atoms in total. The molecule has 1 aliphatic heterocycles. The Labute approximate surface area is 161 Å². The van der Waals surface area contributed by atoms with Crippen LogP contribution in [0.2, 0.25) is 0 Å². The van der Waals surface area contributed by atoms with Crippen LogP contribution in [-0.4, -0.2) is 42.5 Å². The highest BCUT2D eigenvalue weighted by Gasteiger charge is 2.43. The minimum absolute atomic E-state index is 0. The van der Waals surface area contributed by atoms with E-state index in [2.05, 4.69) is 50.5 Å². The Morgan fingerprint density at radius 2 is 2.12 bits per heavy atom. The number of aliphatic imine (C=N–C) groups is 1. The third-order valence-electron chi connectivity index (χ3n) is 5.63. The van der Waals surface area contributed by atoms with Crippen LogP contribution < -0.4 is 5.32 Å². The summed E-state index contributed by atoms with van der Waals surface area (Å²) < 4.78 is 0. The molecule has 130 valence electrons. The first kappa shape index (κ1) is 17.6. The molecule has 1 saturated heterocycles. The molecule has 0 radical (unpaired) electrons. The Hall–Kier alpha value is -1.24. The van der Waals surface area contributed by atoms with Crippen LogP contribution in [0.15, 0.2) is 35.3 Å². The van der Waals surface area contributed by atoms with Gasteiger partial charge < -0.3 is 15.2 Å². The molecule has 2 fully saturated rings. The molecule has 2 aromatic rings. The molecule has 1 spiro atoms.